The summed E-state index contributed by atoms with van der Waals surface area (Å²) >= 11 is 0. The fraction of sp³-hybridized carbons (Fsp3) is 0.300. The number of rotatable bonds is 3. The van der Waals surface area contributed by atoms with Crippen molar-refractivity contribution in [1.29, 1.82) is 0 Å². The molecule has 1 aromatic rings. The molecular formula is C10H12N2O3S. The Hall–Kier alpha value is -1.49. The van der Waals surface area contributed by atoms with Crippen LogP contribution in [0.3, 0.4) is 0 Å². The smallest absolute Gasteiger partial charge is 0.294 e. The lowest BCUT2D eigenvalue weighted by Crippen LogP contribution is -2.07. The molecule has 0 radical (unpaired) electrons. The highest BCUT2D eigenvalue weighted by molar-refractivity contribution is 7.85. The first-order chi connectivity index (χ1) is 7.36. The maximum Gasteiger partial charge on any atom is 0.294 e. The van der Waals surface area contributed by atoms with E-state index in [1.807, 2.05) is 0 Å². The number of aryl methyl sites for hydroxylation is 1. The first kappa shape index (κ1) is 12.6. The van der Waals surface area contributed by atoms with Crippen molar-refractivity contribution in [3.05, 3.63) is 34.9 Å². The summed E-state index contributed by atoms with van der Waals surface area (Å²) < 4.78 is 31.4. The predicted molar refractivity (Wildman–Crippen MR) is 59.1 cm³/mol. The first-order valence-electron chi connectivity index (χ1n) is 4.62. The standard InChI is InChI=1S/C10H12N2O3S/c1-7-3-4-9(8(2)6-12-11)10(5-7)16(13,14)15/h3-6,8H,1-2H3,(H,13,14,15). The fourth-order valence-corrected chi connectivity index (χ4v) is 2.31. The number of hydrogen-bond donors (Lipinski definition) is 1. The van der Waals surface area contributed by atoms with E-state index >= 15 is 0 Å². The number of benzene rings is 1. The van der Waals surface area contributed by atoms with Crippen LogP contribution in [-0.4, -0.2) is 24.0 Å². The van der Waals surface area contributed by atoms with Gasteiger partial charge in [0.1, 0.15) is 0 Å². The van der Waals surface area contributed by atoms with Gasteiger partial charge in [-0.15, -0.1) is 0 Å². The van der Waals surface area contributed by atoms with E-state index in [0.29, 0.717) is 5.56 Å². The lowest BCUT2D eigenvalue weighted by Gasteiger charge is -2.08. The Morgan fingerprint density at radius 2 is 2.12 bits per heavy atom. The molecule has 0 aromatic heterocycles. The number of nitrogens with zero attached hydrogens (tertiary/aromatic N) is 2. The molecule has 0 spiro atoms. The molecule has 0 heterocycles. The largest absolute Gasteiger partial charge is 0.362 e. The Balaban J connectivity index is 3.45. The van der Waals surface area contributed by atoms with E-state index in [9.17, 15) is 8.42 Å². The van der Waals surface area contributed by atoms with Crippen molar-refractivity contribution in [2.24, 2.45) is 0 Å². The van der Waals surface area contributed by atoms with Crippen molar-refractivity contribution in [1.82, 2.24) is 0 Å². The van der Waals surface area contributed by atoms with Crippen LogP contribution in [-0.2, 0) is 10.1 Å². The molecule has 16 heavy (non-hydrogen) atoms. The highest BCUT2D eigenvalue weighted by Crippen LogP contribution is 2.23. The SMILES string of the molecule is Cc1ccc(C(C)C=[N+]=[N-])c(S(=O)(=O)O)c1. The van der Waals surface area contributed by atoms with Crippen molar-refractivity contribution < 1.29 is 17.8 Å². The second-order valence-corrected chi connectivity index (χ2v) is 4.96. The van der Waals surface area contributed by atoms with Crippen molar-refractivity contribution in [3.8, 4) is 0 Å². The third-order valence-electron chi connectivity index (χ3n) is 2.23. The van der Waals surface area contributed by atoms with E-state index in [1.54, 1.807) is 26.0 Å². The van der Waals surface area contributed by atoms with Crippen LogP contribution < -0.4 is 0 Å². The van der Waals surface area contributed by atoms with Gasteiger partial charge in [-0.3, -0.25) is 4.55 Å². The van der Waals surface area contributed by atoms with Gasteiger partial charge in [0, 0.05) is 0 Å². The van der Waals surface area contributed by atoms with Gasteiger partial charge in [-0.25, -0.2) is 0 Å². The second-order valence-electron chi connectivity index (χ2n) is 3.57. The zero-order valence-electron chi connectivity index (χ0n) is 8.95. The van der Waals surface area contributed by atoms with Gasteiger partial charge < -0.3 is 5.53 Å². The maximum absolute atomic E-state index is 11.2. The molecule has 86 valence electrons. The van der Waals surface area contributed by atoms with Gasteiger partial charge in [0.2, 0.25) is 0 Å². The van der Waals surface area contributed by atoms with Crippen molar-refractivity contribution in [3.63, 3.8) is 0 Å². The summed E-state index contributed by atoms with van der Waals surface area (Å²) in [7, 11) is -4.26. The van der Waals surface area contributed by atoms with Gasteiger partial charge in [0.05, 0.1) is 10.8 Å². The van der Waals surface area contributed by atoms with Crippen LogP contribution >= 0.6 is 0 Å². The van der Waals surface area contributed by atoms with E-state index in [4.69, 9.17) is 10.1 Å². The topological polar surface area (TPSA) is 90.8 Å². The monoisotopic (exact) mass is 240 g/mol. The molecule has 1 rings (SSSR count). The van der Waals surface area contributed by atoms with Crippen LogP contribution in [0.1, 0.15) is 24.0 Å². The fourth-order valence-electron chi connectivity index (χ4n) is 1.42. The summed E-state index contributed by atoms with van der Waals surface area (Å²) in [5.41, 5.74) is 9.52. The first-order valence-corrected chi connectivity index (χ1v) is 6.06. The van der Waals surface area contributed by atoms with E-state index in [1.165, 1.54) is 12.3 Å². The molecule has 0 aliphatic heterocycles. The van der Waals surface area contributed by atoms with Crippen LogP contribution in [0.25, 0.3) is 5.53 Å². The lowest BCUT2D eigenvalue weighted by atomic mass is 10.0. The molecule has 5 nitrogen and oxygen atoms in total. The van der Waals surface area contributed by atoms with E-state index < -0.39 is 16.0 Å². The molecular weight excluding hydrogens is 228 g/mol. The minimum absolute atomic E-state index is 0.153. The third kappa shape index (κ3) is 2.76. The summed E-state index contributed by atoms with van der Waals surface area (Å²) in [6.45, 7) is 3.39. The molecule has 0 saturated heterocycles. The third-order valence-corrected chi connectivity index (χ3v) is 3.14. The predicted octanol–water partition coefficient (Wildman–Crippen LogP) is 1.65. The van der Waals surface area contributed by atoms with Gasteiger partial charge in [-0.05, 0) is 31.0 Å². The molecule has 1 N–H and O–H groups in total. The quantitative estimate of drug-likeness (QED) is 0.377. The molecule has 1 atom stereocenters. The normalized spacial score (nSPS) is 12.9. The highest BCUT2D eigenvalue weighted by atomic mass is 32.2. The number of hydrogen-bond acceptors (Lipinski definition) is 2. The van der Waals surface area contributed by atoms with Gasteiger partial charge in [-0.2, -0.15) is 13.2 Å². The average molecular weight is 240 g/mol. The average Bonchev–Trinajstić information content (AvgIpc) is 2.16. The van der Waals surface area contributed by atoms with Gasteiger partial charge in [0.25, 0.3) is 16.3 Å². The molecule has 1 unspecified atom stereocenters. The molecule has 1 aromatic carbocycles. The summed E-state index contributed by atoms with van der Waals surface area (Å²) in [5.74, 6) is -0.400. The minimum atomic E-state index is -4.26. The Bertz CT molecular complexity index is 545. The van der Waals surface area contributed by atoms with E-state index in [-0.39, 0.29) is 4.90 Å². The Labute approximate surface area is 94.1 Å². The van der Waals surface area contributed by atoms with Crippen molar-refractivity contribution >= 4 is 16.3 Å². The van der Waals surface area contributed by atoms with Crippen LogP contribution in [0.5, 0.6) is 0 Å². The second kappa shape index (κ2) is 4.57. The van der Waals surface area contributed by atoms with Crippen molar-refractivity contribution in [2.75, 3.05) is 0 Å². The van der Waals surface area contributed by atoms with Gasteiger partial charge in [-0.1, -0.05) is 12.1 Å². The molecule has 0 amide bonds. The molecule has 0 fully saturated rings. The van der Waals surface area contributed by atoms with Crippen LogP contribution in [0.2, 0.25) is 0 Å². The Kier molecular flexibility index (Phi) is 3.59. The molecule has 6 heteroatoms. The zero-order chi connectivity index (χ0) is 12.3. The van der Waals surface area contributed by atoms with E-state index in [2.05, 4.69) is 4.79 Å². The van der Waals surface area contributed by atoms with Gasteiger partial charge >= 0.3 is 0 Å². The van der Waals surface area contributed by atoms with E-state index in [0.717, 1.165) is 5.56 Å². The minimum Gasteiger partial charge on any atom is -0.362 e. The zero-order valence-corrected chi connectivity index (χ0v) is 9.77. The Morgan fingerprint density at radius 1 is 1.50 bits per heavy atom. The summed E-state index contributed by atoms with van der Waals surface area (Å²) in [4.78, 5) is 2.70. The lowest BCUT2D eigenvalue weighted by molar-refractivity contribution is -0.000242. The molecule has 0 saturated carbocycles. The summed E-state index contributed by atoms with van der Waals surface area (Å²) in [5, 5.41) is 0. The van der Waals surface area contributed by atoms with Crippen molar-refractivity contribution in [2.45, 2.75) is 24.7 Å². The molecule has 0 aliphatic carbocycles. The highest BCUT2D eigenvalue weighted by Gasteiger charge is 2.20. The van der Waals surface area contributed by atoms with Crippen LogP contribution in [0.15, 0.2) is 23.1 Å². The summed E-state index contributed by atoms with van der Waals surface area (Å²) in [6, 6.07) is 4.70. The van der Waals surface area contributed by atoms with Gasteiger partial charge in [0.15, 0.2) is 0 Å². The Morgan fingerprint density at radius 3 is 2.62 bits per heavy atom. The maximum atomic E-state index is 11.2. The van der Waals surface area contributed by atoms with Crippen LogP contribution in [0.4, 0.5) is 0 Å². The van der Waals surface area contributed by atoms with Crippen LogP contribution in [0, 0.1) is 6.92 Å². The molecule has 0 bridgehead atoms. The molecule has 0 aliphatic rings. The summed E-state index contributed by atoms with van der Waals surface area (Å²) in [6.07, 6.45) is 1.19.